The Kier molecular flexibility index (Phi) is 4.75. The molecule has 0 spiro atoms. The van der Waals surface area contributed by atoms with Crippen LogP contribution in [0, 0.1) is 0 Å². The maximum absolute atomic E-state index is 10.3. The summed E-state index contributed by atoms with van der Waals surface area (Å²) in [5.41, 5.74) is 1.60. The molecule has 88 valence electrons. The highest BCUT2D eigenvalue weighted by Crippen LogP contribution is 2.26. The summed E-state index contributed by atoms with van der Waals surface area (Å²) >= 11 is 0. The van der Waals surface area contributed by atoms with Gasteiger partial charge in [-0.25, -0.2) is 0 Å². The summed E-state index contributed by atoms with van der Waals surface area (Å²) in [6.07, 6.45) is 5.68. The van der Waals surface area contributed by atoms with Gasteiger partial charge in [-0.15, -0.1) is 6.58 Å². The molecule has 0 saturated heterocycles. The zero-order valence-electron chi connectivity index (χ0n) is 10.4. The molecule has 0 bridgehead atoms. The second-order valence-corrected chi connectivity index (χ2v) is 4.55. The topological polar surface area (TPSA) is 20.2 Å². The maximum atomic E-state index is 10.3. The van der Waals surface area contributed by atoms with Gasteiger partial charge in [0.15, 0.2) is 0 Å². The minimum Gasteiger partial charge on any atom is -0.385 e. The highest BCUT2D eigenvalue weighted by molar-refractivity contribution is 5.26. The van der Waals surface area contributed by atoms with E-state index in [1.54, 1.807) is 0 Å². The second-order valence-electron chi connectivity index (χ2n) is 4.55. The number of hydrogen-bond donors (Lipinski definition) is 1. The molecule has 0 heterocycles. The van der Waals surface area contributed by atoms with Crippen LogP contribution in [0.5, 0.6) is 0 Å². The van der Waals surface area contributed by atoms with E-state index in [1.165, 1.54) is 5.56 Å². The summed E-state index contributed by atoms with van der Waals surface area (Å²) in [6.45, 7) is 7.73. The molecule has 0 aromatic heterocycles. The summed E-state index contributed by atoms with van der Waals surface area (Å²) in [7, 11) is 0. The van der Waals surface area contributed by atoms with Crippen LogP contribution in [0.2, 0.25) is 0 Å². The van der Waals surface area contributed by atoms with E-state index in [1.807, 2.05) is 25.1 Å². The maximum Gasteiger partial charge on any atom is 0.0871 e. The van der Waals surface area contributed by atoms with E-state index < -0.39 is 5.60 Å². The molecule has 0 aliphatic carbocycles. The van der Waals surface area contributed by atoms with Crippen LogP contribution in [-0.4, -0.2) is 5.11 Å². The summed E-state index contributed by atoms with van der Waals surface area (Å²) in [5.74, 6) is 0. The van der Waals surface area contributed by atoms with Gasteiger partial charge in [-0.2, -0.15) is 0 Å². The van der Waals surface area contributed by atoms with Gasteiger partial charge in [0.2, 0.25) is 0 Å². The number of rotatable bonds is 6. The van der Waals surface area contributed by atoms with Crippen molar-refractivity contribution in [3.8, 4) is 0 Å². The van der Waals surface area contributed by atoms with Crippen molar-refractivity contribution in [1.82, 2.24) is 0 Å². The van der Waals surface area contributed by atoms with Crippen LogP contribution in [0.25, 0.3) is 0 Å². The molecule has 0 radical (unpaired) electrons. The number of aryl methyl sites for hydroxylation is 1. The summed E-state index contributed by atoms with van der Waals surface area (Å²) < 4.78 is 0. The Balaban J connectivity index is 2.75. The van der Waals surface area contributed by atoms with Gasteiger partial charge in [-0.1, -0.05) is 43.7 Å². The lowest BCUT2D eigenvalue weighted by Crippen LogP contribution is -2.20. The Morgan fingerprint density at radius 2 is 1.94 bits per heavy atom. The molecule has 1 rings (SSSR count). The van der Waals surface area contributed by atoms with Crippen molar-refractivity contribution < 1.29 is 5.11 Å². The molecular formula is C15H22O. The predicted octanol–water partition coefficient (Wildman–Crippen LogP) is 3.81. The average Bonchev–Trinajstić information content (AvgIpc) is 2.28. The Labute approximate surface area is 98.8 Å². The molecule has 1 heteroatoms. The van der Waals surface area contributed by atoms with Gasteiger partial charge < -0.3 is 5.11 Å². The number of hydrogen-bond acceptors (Lipinski definition) is 1. The molecule has 0 aliphatic heterocycles. The van der Waals surface area contributed by atoms with Gasteiger partial charge in [0.1, 0.15) is 0 Å². The smallest absolute Gasteiger partial charge is 0.0871 e. The van der Waals surface area contributed by atoms with Crippen molar-refractivity contribution >= 4 is 0 Å². The first-order valence-corrected chi connectivity index (χ1v) is 6.03. The first-order valence-electron chi connectivity index (χ1n) is 6.03. The molecule has 1 aromatic carbocycles. The van der Waals surface area contributed by atoms with Gasteiger partial charge in [0.25, 0.3) is 0 Å². The molecule has 0 aliphatic rings. The van der Waals surface area contributed by atoms with Gasteiger partial charge >= 0.3 is 0 Å². The molecule has 1 aromatic rings. The molecule has 1 atom stereocenters. The standard InChI is InChI=1S/C15H22O/c1-4-6-12-15(3,16)14-10-8-13(7-5-2)9-11-14/h4,8-11,16H,1,5-7,12H2,2-3H3. The lowest BCUT2D eigenvalue weighted by atomic mass is 9.90. The molecule has 16 heavy (non-hydrogen) atoms. The third-order valence-corrected chi connectivity index (χ3v) is 2.95. The number of benzene rings is 1. The van der Waals surface area contributed by atoms with Crippen molar-refractivity contribution in [2.75, 3.05) is 0 Å². The predicted molar refractivity (Wildman–Crippen MR) is 69.4 cm³/mol. The van der Waals surface area contributed by atoms with E-state index in [-0.39, 0.29) is 0 Å². The fourth-order valence-electron chi connectivity index (χ4n) is 1.85. The first-order chi connectivity index (χ1) is 7.60. The molecule has 1 N–H and O–H groups in total. The number of allylic oxidation sites excluding steroid dienone is 1. The zero-order valence-corrected chi connectivity index (χ0v) is 10.4. The van der Waals surface area contributed by atoms with E-state index in [2.05, 4.69) is 25.6 Å². The number of aliphatic hydroxyl groups is 1. The van der Waals surface area contributed by atoms with Gasteiger partial charge in [-0.3, -0.25) is 0 Å². The Hall–Kier alpha value is -1.08. The van der Waals surface area contributed by atoms with Crippen LogP contribution in [0.3, 0.4) is 0 Å². The molecule has 1 unspecified atom stereocenters. The van der Waals surface area contributed by atoms with Crippen molar-refractivity contribution in [1.29, 1.82) is 0 Å². The van der Waals surface area contributed by atoms with Crippen molar-refractivity contribution in [3.63, 3.8) is 0 Å². The zero-order chi connectivity index (χ0) is 12.0. The highest BCUT2D eigenvalue weighted by Gasteiger charge is 2.21. The summed E-state index contributed by atoms with van der Waals surface area (Å²) in [5, 5.41) is 10.3. The summed E-state index contributed by atoms with van der Waals surface area (Å²) in [4.78, 5) is 0. The fourth-order valence-corrected chi connectivity index (χ4v) is 1.85. The second kappa shape index (κ2) is 5.86. The Morgan fingerprint density at radius 1 is 1.31 bits per heavy atom. The van der Waals surface area contributed by atoms with Crippen LogP contribution in [0.1, 0.15) is 44.2 Å². The fraction of sp³-hybridized carbons (Fsp3) is 0.467. The monoisotopic (exact) mass is 218 g/mol. The average molecular weight is 218 g/mol. The van der Waals surface area contributed by atoms with E-state index >= 15 is 0 Å². The SMILES string of the molecule is C=CCCC(C)(O)c1ccc(CCC)cc1. The van der Waals surface area contributed by atoms with Crippen LogP contribution in [-0.2, 0) is 12.0 Å². The lowest BCUT2D eigenvalue weighted by molar-refractivity contribution is 0.0488. The highest BCUT2D eigenvalue weighted by atomic mass is 16.3. The minimum atomic E-state index is -0.737. The molecule has 0 amide bonds. The lowest BCUT2D eigenvalue weighted by Gasteiger charge is -2.23. The molecule has 1 nitrogen and oxygen atoms in total. The van der Waals surface area contributed by atoms with Crippen molar-refractivity contribution in [2.45, 2.75) is 45.1 Å². The van der Waals surface area contributed by atoms with Gasteiger partial charge in [-0.05, 0) is 37.3 Å². The van der Waals surface area contributed by atoms with Gasteiger partial charge in [0, 0.05) is 0 Å². The van der Waals surface area contributed by atoms with Crippen LogP contribution < -0.4 is 0 Å². The van der Waals surface area contributed by atoms with Crippen molar-refractivity contribution in [2.24, 2.45) is 0 Å². The quantitative estimate of drug-likeness (QED) is 0.720. The Morgan fingerprint density at radius 3 is 2.44 bits per heavy atom. The van der Waals surface area contributed by atoms with E-state index in [0.29, 0.717) is 0 Å². The minimum absolute atomic E-state index is 0.726. The van der Waals surface area contributed by atoms with Crippen LogP contribution in [0.15, 0.2) is 36.9 Å². The Bertz CT molecular complexity index is 322. The van der Waals surface area contributed by atoms with E-state index in [0.717, 1.165) is 31.2 Å². The van der Waals surface area contributed by atoms with Crippen LogP contribution in [0.4, 0.5) is 0 Å². The normalized spacial score (nSPS) is 14.4. The molecule has 0 saturated carbocycles. The van der Waals surface area contributed by atoms with E-state index in [9.17, 15) is 5.11 Å². The van der Waals surface area contributed by atoms with Crippen LogP contribution >= 0.6 is 0 Å². The van der Waals surface area contributed by atoms with E-state index in [4.69, 9.17) is 0 Å². The summed E-state index contributed by atoms with van der Waals surface area (Å²) in [6, 6.07) is 8.30. The third kappa shape index (κ3) is 3.49. The van der Waals surface area contributed by atoms with Gasteiger partial charge in [0.05, 0.1) is 5.60 Å². The largest absolute Gasteiger partial charge is 0.385 e. The van der Waals surface area contributed by atoms with Crippen molar-refractivity contribution in [3.05, 3.63) is 48.0 Å². The first kappa shape index (κ1) is 13.0. The third-order valence-electron chi connectivity index (χ3n) is 2.95. The molecular weight excluding hydrogens is 196 g/mol. The molecule has 0 fully saturated rings.